The van der Waals surface area contributed by atoms with Gasteiger partial charge in [0.25, 0.3) is 0 Å². The van der Waals surface area contributed by atoms with Crippen LogP contribution in [-0.2, 0) is 11.3 Å². The summed E-state index contributed by atoms with van der Waals surface area (Å²) < 4.78 is 21.2. The highest BCUT2D eigenvalue weighted by molar-refractivity contribution is 6.30. The van der Waals surface area contributed by atoms with Crippen LogP contribution in [0.1, 0.15) is 17.4 Å². The lowest BCUT2D eigenvalue weighted by atomic mass is 10.0. The van der Waals surface area contributed by atoms with Gasteiger partial charge in [0.15, 0.2) is 5.82 Å². The van der Waals surface area contributed by atoms with Gasteiger partial charge in [-0.25, -0.2) is 9.07 Å². The summed E-state index contributed by atoms with van der Waals surface area (Å²) in [6.45, 7) is 4.01. The number of benzene rings is 2. The van der Waals surface area contributed by atoms with E-state index >= 15 is 0 Å². The lowest BCUT2D eigenvalue weighted by molar-refractivity contribution is 0.171. The molecular weight excluding hydrogens is 407 g/mol. The van der Waals surface area contributed by atoms with Crippen molar-refractivity contribution in [3.05, 3.63) is 70.8 Å². The van der Waals surface area contributed by atoms with Crippen LogP contribution < -0.4 is 4.90 Å². The molecule has 0 N–H and O–H groups in total. The van der Waals surface area contributed by atoms with Crippen molar-refractivity contribution in [1.29, 1.82) is 0 Å². The van der Waals surface area contributed by atoms with E-state index in [1.807, 2.05) is 36.4 Å². The molecule has 1 aromatic heterocycles. The average Bonchev–Trinajstić information content (AvgIpc) is 3.23. The molecule has 3 aromatic rings. The predicted molar refractivity (Wildman–Crippen MR) is 113 cm³/mol. The van der Waals surface area contributed by atoms with Crippen LogP contribution in [0.4, 0.5) is 10.1 Å². The van der Waals surface area contributed by atoms with E-state index in [0.29, 0.717) is 37.0 Å². The van der Waals surface area contributed by atoms with Gasteiger partial charge in [-0.05, 0) is 40.3 Å². The van der Waals surface area contributed by atoms with Crippen LogP contribution in [0.25, 0.3) is 0 Å². The summed E-state index contributed by atoms with van der Waals surface area (Å²) in [6, 6.07) is 14.5. The summed E-state index contributed by atoms with van der Waals surface area (Å²) in [5.74, 6) is 0.567. The molecule has 30 heavy (non-hydrogen) atoms. The molecule has 0 aliphatic carbocycles. The lowest BCUT2D eigenvalue weighted by Crippen LogP contribution is -2.48. The molecule has 0 amide bonds. The van der Waals surface area contributed by atoms with Crippen molar-refractivity contribution < 1.29 is 9.13 Å². The summed E-state index contributed by atoms with van der Waals surface area (Å²) in [4.78, 5) is 4.41. The van der Waals surface area contributed by atoms with E-state index in [9.17, 15) is 4.39 Å². The molecule has 0 radical (unpaired) electrons. The standard InChI is InChI=1S/C21H24ClFN6O/c1-30-15-14-29-21(24-25-26-29)20(16-6-8-17(22)9-7-16)28-12-10-27(11-13-28)19-5-3-2-4-18(19)23/h2-9,20H,10-15H2,1H3. The summed E-state index contributed by atoms with van der Waals surface area (Å²) in [7, 11) is 1.66. The van der Waals surface area contributed by atoms with Crippen molar-refractivity contribution in [1.82, 2.24) is 25.1 Å². The lowest BCUT2D eigenvalue weighted by Gasteiger charge is -2.40. The minimum absolute atomic E-state index is 0.128. The van der Waals surface area contributed by atoms with Crippen LogP contribution in [0.15, 0.2) is 48.5 Å². The van der Waals surface area contributed by atoms with Crippen LogP contribution in [0.5, 0.6) is 0 Å². The normalized spacial score (nSPS) is 16.0. The predicted octanol–water partition coefficient (Wildman–Crippen LogP) is 3.02. The fraction of sp³-hybridized carbons (Fsp3) is 0.381. The Morgan fingerprint density at radius 2 is 1.80 bits per heavy atom. The van der Waals surface area contributed by atoms with E-state index in [-0.39, 0.29) is 11.9 Å². The Balaban J connectivity index is 1.59. The average molecular weight is 431 g/mol. The van der Waals surface area contributed by atoms with Crippen molar-refractivity contribution in [2.45, 2.75) is 12.6 Å². The van der Waals surface area contributed by atoms with Crippen molar-refractivity contribution in [2.24, 2.45) is 0 Å². The molecule has 1 aliphatic heterocycles. The van der Waals surface area contributed by atoms with E-state index in [1.165, 1.54) is 6.07 Å². The summed E-state index contributed by atoms with van der Waals surface area (Å²) in [5.41, 5.74) is 1.71. The summed E-state index contributed by atoms with van der Waals surface area (Å²) in [5, 5.41) is 13.1. The highest BCUT2D eigenvalue weighted by Crippen LogP contribution is 2.30. The van der Waals surface area contributed by atoms with Gasteiger partial charge in [0.2, 0.25) is 0 Å². The molecule has 0 bridgehead atoms. The fourth-order valence-electron chi connectivity index (χ4n) is 3.84. The molecule has 158 valence electrons. The summed E-state index contributed by atoms with van der Waals surface area (Å²) >= 11 is 6.11. The number of anilines is 1. The minimum atomic E-state index is -0.191. The number of rotatable bonds is 7. The monoisotopic (exact) mass is 430 g/mol. The van der Waals surface area contributed by atoms with Gasteiger partial charge in [-0.1, -0.05) is 35.9 Å². The third-order valence-electron chi connectivity index (χ3n) is 5.37. The molecule has 2 heterocycles. The number of hydrogen-bond acceptors (Lipinski definition) is 6. The molecular formula is C21H24ClFN6O. The number of para-hydroxylation sites is 1. The molecule has 1 fully saturated rings. The zero-order valence-electron chi connectivity index (χ0n) is 16.8. The highest BCUT2D eigenvalue weighted by Gasteiger charge is 2.31. The molecule has 1 saturated heterocycles. The Morgan fingerprint density at radius 3 is 2.50 bits per heavy atom. The zero-order valence-corrected chi connectivity index (χ0v) is 17.5. The molecule has 7 nitrogen and oxygen atoms in total. The van der Waals surface area contributed by atoms with Gasteiger partial charge in [-0.15, -0.1) is 5.10 Å². The van der Waals surface area contributed by atoms with Crippen molar-refractivity contribution in [2.75, 3.05) is 44.8 Å². The van der Waals surface area contributed by atoms with Gasteiger partial charge < -0.3 is 9.64 Å². The quantitative estimate of drug-likeness (QED) is 0.574. The number of nitrogens with zero attached hydrogens (tertiary/aromatic N) is 6. The first kappa shape index (κ1) is 20.7. The maximum absolute atomic E-state index is 14.2. The molecule has 0 spiro atoms. The van der Waals surface area contributed by atoms with E-state index in [4.69, 9.17) is 16.3 Å². The smallest absolute Gasteiger partial charge is 0.173 e. The highest BCUT2D eigenvalue weighted by atomic mass is 35.5. The third-order valence-corrected chi connectivity index (χ3v) is 5.62. The second-order valence-electron chi connectivity index (χ2n) is 7.18. The number of aromatic nitrogens is 4. The van der Waals surface area contributed by atoms with E-state index in [2.05, 4.69) is 25.3 Å². The molecule has 9 heteroatoms. The van der Waals surface area contributed by atoms with E-state index in [1.54, 1.807) is 17.9 Å². The largest absolute Gasteiger partial charge is 0.383 e. The number of ether oxygens (including phenoxy) is 1. The van der Waals surface area contributed by atoms with E-state index in [0.717, 1.165) is 24.5 Å². The second-order valence-corrected chi connectivity index (χ2v) is 7.62. The fourth-order valence-corrected chi connectivity index (χ4v) is 3.97. The first-order valence-corrected chi connectivity index (χ1v) is 10.3. The van der Waals surface area contributed by atoms with Crippen molar-refractivity contribution in [3.63, 3.8) is 0 Å². The van der Waals surface area contributed by atoms with Crippen LogP contribution in [0.3, 0.4) is 0 Å². The molecule has 4 rings (SSSR count). The van der Waals surface area contributed by atoms with Gasteiger partial charge in [-0.3, -0.25) is 4.90 Å². The molecule has 1 unspecified atom stereocenters. The topological polar surface area (TPSA) is 59.3 Å². The maximum atomic E-state index is 14.2. The Bertz CT molecular complexity index is 958. The number of methoxy groups -OCH3 is 1. The first-order valence-electron chi connectivity index (χ1n) is 9.91. The zero-order chi connectivity index (χ0) is 20.9. The molecule has 0 saturated carbocycles. The van der Waals surface area contributed by atoms with Gasteiger partial charge >= 0.3 is 0 Å². The Hall–Kier alpha value is -2.55. The van der Waals surface area contributed by atoms with Crippen LogP contribution in [0, 0.1) is 5.82 Å². The second kappa shape index (κ2) is 9.51. The van der Waals surface area contributed by atoms with Gasteiger partial charge in [0.05, 0.1) is 24.9 Å². The molecule has 1 atom stereocenters. The minimum Gasteiger partial charge on any atom is -0.383 e. The van der Waals surface area contributed by atoms with Crippen molar-refractivity contribution >= 4 is 17.3 Å². The van der Waals surface area contributed by atoms with Crippen LogP contribution in [-0.4, -0.2) is 65.0 Å². The molecule has 1 aliphatic rings. The third kappa shape index (κ3) is 4.45. The molecule has 2 aromatic carbocycles. The Labute approximate surface area is 180 Å². The number of hydrogen-bond donors (Lipinski definition) is 0. The summed E-state index contributed by atoms with van der Waals surface area (Å²) in [6.07, 6.45) is 0. The maximum Gasteiger partial charge on any atom is 0.173 e. The SMILES string of the molecule is COCCn1nnnc1C(c1ccc(Cl)cc1)N1CCN(c2ccccc2F)CC1. The number of tetrazole rings is 1. The van der Waals surface area contributed by atoms with Gasteiger partial charge in [0, 0.05) is 38.3 Å². The van der Waals surface area contributed by atoms with Gasteiger partial charge in [-0.2, -0.15) is 0 Å². The van der Waals surface area contributed by atoms with Crippen LogP contribution >= 0.6 is 11.6 Å². The first-order chi connectivity index (χ1) is 14.7. The Kier molecular flexibility index (Phi) is 6.56. The van der Waals surface area contributed by atoms with E-state index < -0.39 is 0 Å². The van der Waals surface area contributed by atoms with Crippen LogP contribution in [0.2, 0.25) is 5.02 Å². The van der Waals surface area contributed by atoms with Gasteiger partial charge in [0.1, 0.15) is 5.82 Å². The number of piperazine rings is 1. The number of halogens is 2. The van der Waals surface area contributed by atoms with Crippen molar-refractivity contribution in [3.8, 4) is 0 Å². The Morgan fingerprint density at radius 1 is 1.07 bits per heavy atom.